The molecular formula is C21H21ClN4O3. The van der Waals surface area contributed by atoms with Crippen LogP contribution in [0.25, 0.3) is 0 Å². The molecular weight excluding hydrogens is 392 g/mol. The number of H-pyrrole nitrogens is 1. The molecule has 0 aromatic carbocycles. The summed E-state index contributed by atoms with van der Waals surface area (Å²) in [7, 11) is 0. The molecule has 0 spiro atoms. The van der Waals surface area contributed by atoms with E-state index in [1.165, 1.54) is 4.57 Å². The minimum atomic E-state index is -0.686. The maximum atomic E-state index is 13.4. The van der Waals surface area contributed by atoms with Gasteiger partial charge in [0.1, 0.15) is 16.5 Å². The third-order valence-electron chi connectivity index (χ3n) is 4.45. The summed E-state index contributed by atoms with van der Waals surface area (Å²) in [6.07, 6.45) is 0. The molecule has 150 valence electrons. The molecule has 0 aliphatic rings. The molecule has 0 saturated heterocycles. The molecule has 0 radical (unpaired) electrons. The van der Waals surface area contributed by atoms with Crippen LogP contribution in [-0.4, -0.2) is 25.3 Å². The second kappa shape index (κ2) is 8.13. The first kappa shape index (κ1) is 20.7. The Hall–Kier alpha value is -3.06. The van der Waals surface area contributed by atoms with Crippen molar-refractivity contribution in [3.63, 3.8) is 0 Å². The highest BCUT2D eigenvalue weighted by molar-refractivity contribution is 6.29. The number of carbonyl (C=O) groups excluding carboxylic acids is 1. The zero-order chi connectivity index (χ0) is 21.3. The Morgan fingerprint density at radius 1 is 1.17 bits per heavy atom. The van der Waals surface area contributed by atoms with Crippen LogP contribution in [0.1, 0.15) is 58.5 Å². The van der Waals surface area contributed by atoms with E-state index < -0.39 is 17.0 Å². The van der Waals surface area contributed by atoms with E-state index in [1.54, 1.807) is 45.0 Å². The van der Waals surface area contributed by atoms with Crippen LogP contribution in [0.5, 0.6) is 0 Å². The van der Waals surface area contributed by atoms with E-state index in [1.807, 2.05) is 13.0 Å². The van der Waals surface area contributed by atoms with Crippen LogP contribution in [0.4, 0.5) is 0 Å². The van der Waals surface area contributed by atoms with E-state index in [9.17, 15) is 14.4 Å². The summed E-state index contributed by atoms with van der Waals surface area (Å²) < 4.78 is 1.23. The van der Waals surface area contributed by atoms with Crippen LogP contribution in [0.15, 0.2) is 39.9 Å². The molecule has 7 nitrogen and oxygen atoms in total. The fourth-order valence-electron chi connectivity index (χ4n) is 3.30. The topological polar surface area (TPSA) is 97.7 Å². The molecule has 29 heavy (non-hydrogen) atoms. The number of nitrogens with zero attached hydrogens (tertiary/aromatic N) is 3. The Kier molecular flexibility index (Phi) is 5.79. The molecule has 0 saturated carbocycles. The van der Waals surface area contributed by atoms with Gasteiger partial charge in [0.05, 0.1) is 12.2 Å². The van der Waals surface area contributed by atoms with E-state index in [0.717, 1.165) is 5.56 Å². The maximum Gasteiger partial charge on any atom is 0.329 e. The molecule has 8 heteroatoms. The Morgan fingerprint density at radius 2 is 1.90 bits per heavy atom. The SMILES string of the molecule is Cc1cc(C)nc(C(=O)c2c(C(C)C)c(=O)[nH]c(=O)n2Cc2cccc(Cl)n2)c1. The predicted molar refractivity (Wildman–Crippen MR) is 111 cm³/mol. The standard InChI is InChI=1S/C21H21ClN4O3/c1-11(2)17-18(19(27)15-9-12(3)8-13(4)23-15)26(21(29)25-20(17)28)10-14-6-5-7-16(22)24-14/h5-9,11H,10H2,1-4H3,(H,25,28,29). The summed E-state index contributed by atoms with van der Waals surface area (Å²) in [5.74, 6) is -0.770. The molecule has 3 aromatic rings. The van der Waals surface area contributed by atoms with Crippen LogP contribution in [0.2, 0.25) is 5.15 Å². The number of halogens is 1. The summed E-state index contributed by atoms with van der Waals surface area (Å²) in [5.41, 5.74) is 1.20. The maximum absolute atomic E-state index is 13.4. The molecule has 3 aromatic heterocycles. The van der Waals surface area contributed by atoms with Crippen LogP contribution in [0, 0.1) is 13.8 Å². The van der Waals surface area contributed by atoms with Gasteiger partial charge < -0.3 is 0 Å². The van der Waals surface area contributed by atoms with E-state index in [0.29, 0.717) is 11.4 Å². The number of rotatable bonds is 5. The van der Waals surface area contributed by atoms with Crippen molar-refractivity contribution in [1.29, 1.82) is 0 Å². The van der Waals surface area contributed by atoms with Crippen LogP contribution in [0.3, 0.4) is 0 Å². The molecule has 3 rings (SSSR count). The van der Waals surface area contributed by atoms with Gasteiger partial charge in [0.2, 0.25) is 5.78 Å². The number of ketones is 1. The summed E-state index contributed by atoms with van der Waals surface area (Å²) in [5, 5.41) is 0.271. The van der Waals surface area contributed by atoms with Crippen molar-refractivity contribution in [3.05, 3.63) is 90.2 Å². The van der Waals surface area contributed by atoms with Crippen molar-refractivity contribution < 1.29 is 4.79 Å². The fourth-order valence-corrected chi connectivity index (χ4v) is 3.48. The second-order valence-corrected chi connectivity index (χ2v) is 7.60. The lowest BCUT2D eigenvalue weighted by Gasteiger charge is -2.17. The zero-order valence-corrected chi connectivity index (χ0v) is 17.4. The van der Waals surface area contributed by atoms with Gasteiger partial charge in [-0.1, -0.05) is 31.5 Å². The number of carbonyl (C=O) groups is 1. The average Bonchev–Trinajstić information content (AvgIpc) is 2.62. The average molecular weight is 413 g/mol. The molecule has 3 heterocycles. The highest BCUT2D eigenvalue weighted by Crippen LogP contribution is 2.19. The molecule has 0 atom stereocenters. The normalized spacial score (nSPS) is 11.1. The fraction of sp³-hybridized carbons (Fsp3) is 0.286. The Balaban J connectivity index is 2.28. The van der Waals surface area contributed by atoms with Crippen molar-refractivity contribution in [1.82, 2.24) is 19.5 Å². The molecule has 0 aliphatic heterocycles. The van der Waals surface area contributed by atoms with Crippen molar-refractivity contribution in [2.45, 2.75) is 40.2 Å². The predicted octanol–water partition coefficient (Wildman–Crippen LogP) is 3.00. The minimum Gasteiger partial charge on any atom is -0.285 e. The third-order valence-corrected chi connectivity index (χ3v) is 4.66. The highest BCUT2D eigenvalue weighted by Gasteiger charge is 2.25. The number of nitrogens with one attached hydrogen (secondary N) is 1. The number of pyridine rings is 2. The molecule has 0 aliphatic carbocycles. The van der Waals surface area contributed by atoms with Crippen LogP contribution in [-0.2, 0) is 6.54 Å². The van der Waals surface area contributed by atoms with E-state index in [-0.39, 0.29) is 34.6 Å². The van der Waals surface area contributed by atoms with E-state index in [2.05, 4.69) is 15.0 Å². The molecule has 0 unspecified atom stereocenters. The number of aromatic nitrogens is 4. The second-order valence-electron chi connectivity index (χ2n) is 7.21. The van der Waals surface area contributed by atoms with Gasteiger partial charge in [-0.3, -0.25) is 19.1 Å². The van der Waals surface area contributed by atoms with Gasteiger partial charge in [-0.05, 0) is 49.6 Å². The third kappa shape index (κ3) is 4.35. The number of aryl methyl sites for hydroxylation is 2. The van der Waals surface area contributed by atoms with Gasteiger partial charge in [-0.2, -0.15) is 0 Å². The van der Waals surface area contributed by atoms with Crippen molar-refractivity contribution in [2.24, 2.45) is 0 Å². The van der Waals surface area contributed by atoms with Crippen molar-refractivity contribution in [3.8, 4) is 0 Å². The Bertz CT molecular complexity index is 1190. The first-order chi connectivity index (χ1) is 13.7. The van der Waals surface area contributed by atoms with Gasteiger partial charge >= 0.3 is 5.69 Å². The van der Waals surface area contributed by atoms with Gasteiger partial charge in [0.15, 0.2) is 0 Å². The smallest absolute Gasteiger partial charge is 0.285 e. The van der Waals surface area contributed by atoms with Crippen molar-refractivity contribution in [2.75, 3.05) is 0 Å². The molecule has 1 N–H and O–H groups in total. The van der Waals surface area contributed by atoms with Crippen LogP contribution >= 0.6 is 11.6 Å². The molecule has 0 bridgehead atoms. The largest absolute Gasteiger partial charge is 0.329 e. The first-order valence-electron chi connectivity index (χ1n) is 9.15. The van der Waals surface area contributed by atoms with Gasteiger partial charge in [-0.25, -0.2) is 14.8 Å². The quantitative estimate of drug-likeness (QED) is 0.513. The van der Waals surface area contributed by atoms with Crippen LogP contribution < -0.4 is 11.2 Å². The number of aromatic amines is 1. The van der Waals surface area contributed by atoms with Gasteiger partial charge in [0, 0.05) is 11.3 Å². The Labute approximate surface area is 172 Å². The molecule has 0 amide bonds. The zero-order valence-electron chi connectivity index (χ0n) is 16.6. The lowest BCUT2D eigenvalue weighted by molar-refractivity contribution is 0.102. The van der Waals surface area contributed by atoms with E-state index in [4.69, 9.17) is 11.6 Å². The summed E-state index contributed by atoms with van der Waals surface area (Å²) >= 11 is 5.96. The number of hydrogen-bond acceptors (Lipinski definition) is 5. The summed E-state index contributed by atoms with van der Waals surface area (Å²) in [4.78, 5) is 49.5. The molecule has 0 fully saturated rings. The van der Waals surface area contributed by atoms with E-state index >= 15 is 0 Å². The summed E-state index contributed by atoms with van der Waals surface area (Å²) in [6.45, 7) is 7.22. The first-order valence-corrected chi connectivity index (χ1v) is 9.53. The lowest BCUT2D eigenvalue weighted by atomic mass is 9.98. The number of hydrogen-bond donors (Lipinski definition) is 1. The lowest BCUT2D eigenvalue weighted by Crippen LogP contribution is -2.38. The van der Waals surface area contributed by atoms with Gasteiger partial charge in [-0.15, -0.1) is 0 Å². The highest BCUT2D eigenvalue weighted by atomic mass is 35.5. The monoisotopic (exact) mass is 412 g/mol. The minimum absolute atomic E-state index is 0.0121. The summed E-state index contributed by atoms with van der Waals surface area (Å²) in [6, 6.07) is 8.51. The Morgan fingerprint density at radius 3 is 2.52 bits per heavy atom. The van der Waals surface area contributed by atoms with Crippen molar-refractivity contribution >= 4 is 17.4 Å². The van der Waals surface area contributed by atoms with Gasteiger partial charge in [0.25, 0.3) is 5.56 Å².